The van der Waals surface area contributed by atoms with Gasteiger partial charge in [-0.3, -0.25) is 14.6 Å². The van der Waals surface area contributed by atoms with Crippen molar-refractivity contribution < 1.29 is 9.59 Å². The Hall–Kier alpha value is -1.91. The second-order valence-electron chi connectivity index (χ2n) is 2.96. The predicted octanol–water partition coefficient (Wildman–Crippen LogP) is 0.252. The van der Waals surface area contributed by atoms with E-state index in [1.807, 2.05) is 18.2 Å². The molecule has 1 rings (SSSR count). The summed E-state index contributed by atoms with van der Waals surface area (Å²) in [5, 5.41) is 2.58. The highest BCUT2D eigenvalue weighted by Crippen LogP contribution is 1.92. The molecular formula is C11H17N3O2. The quantitative estimate of drug-likeness (QED) is 0.554. The van der Waals surface area contributed by atoms with E-state index in [9.17, 15) is 9.59 Å². The molecule has 88 valence electrons. The molecule has 0 aliphatic rings. The highest BCUT2D eigenvalue weighted by atomic mass is 16.1. The zero-order chi connectivity index (χ0) is 12.2. The Morgan fingerprint density at radius 2 is 2.25 bits per heavy atom. The molecule has 0 aliphatic carbocycles. The van der Waals surface area contributed by atoms with Gasteiger partial charge in [-0.2, -0.15) is 0 Å². The van der Waals surface area contributed by atoms with Crippen molar-refractivity contribution in [2.24, 2.45) is 5.73 Å². The number of rotatable bonds is 5. The Bertz CT molecular complexity index is 301. The van der Waals surface area contributed by atoms with Crippen molar-refractivity contribution in [2.45, 2.75) is 19.8 Å². The fraction of sp³-hybridized carbons (Fsp3) is 0.364. The third kappa shape index (κ3) is 8.68. The van der Waals surface area contributed by atoms with Gasteiger partial charge in [-0.15, -0.1) is 0 Å². The van der Waals surface area contributed by atoms with E-state index in [0.717, 1.165) is 12.1 Å². The number of nitrogens with one attached hydrogen (secondary N) is 1. The Morgan fingerprint density at radius 1 is 1.56 bits per heavy atom. The second kappa shape index (κ2) is 9.64. The summed E-state index contributed by atoms with van der Waals surface area (Å²) in [4.78, 5) is 23.5. The van der Waals surface area contributed by atoms with Gasteiger partial charge in [0.2, 0.25) is 12.3 Å². The minimum Gasteiger partial charge on any atom is -0.370 e. The van der Waals surface area contributed by atoms with Crippen molar-refractivity contribution in [2.75, 3.05) is 6.54 Å². The van der Waals surface area contributed by atoms with Gasteiger partial charge < -0.3 is 11.1 Å². The zero-order valence-electron chi connectivity index (χ0n) is 9.35. The molecule has 16 heavy (non-hydrogen) atoms. The van der Waals surface area contributed by atoms with Crippen LogP contribution >= 0.6 is 0 Å². The normalized spacial score (nSPS) is 8.56. The molecule has 0 saturated carbocycles. The maximum Gasteiger partial charge on any atom is 0.217 e. The summed E-state index contributed by atoms with van der Waals surface area (Å²) in [6.45, 7) is 2.38. The Balaban J connectivity index is 0.000000385. The first-order chi connectivity index (χ1) is 7.70. The van der Waals surface area contributed by atoms with Crippen molar-refractivity contribution in [1.82, 2.24) is 10.3 Å². The Kier molecular flexibility index (Phi) is 8.49. The van der Waals surface area contributed by atoms with E-state index in [1.54, 1.807) is 13.1 Å². The zero-order valence-corrected chi connectivity index (χ0v) is 9.35. The summed E-state index contributed by atoms with van der Waals surface area (Å²) < 4.78 is 0. The predicted molar refractivity (Wildman–Crippen MR) is 61.5 cm³/mol. The van der Waals surface area contributed by atoms with Crippen molar-refractivity contribution in [1.29, 1.82) is 0 Å². The summed E-state index contributed by atoms with van der Waals surface area (Å²) >= 11 is 0. The molecule has 1 aromatic rings. The number of hydrogen-bond acceptors (Lipinski definition) is 3. The smallest absolute Gasteiger partial charge is 0.217 e. The minimum absolute atomic E-state index is 0.245. The highest BCUT2D eigenvalue weighted by Gasteiger charge is 1.89. The fourth-order valence-electron chi connectivity index (χ4n) is 0.805. The number of carbonyl (C=O) groups is 2. The molecule has 0 radical (unpaired) electrons. The van der Waals surface area contributed by atoms with Crippen LogP contribution in [-0.4, -0.2) is 23.8 Å². The van der Waals surface area contributed by atoms with Crippen LogP contribution in [0.4, 0.5) is 0 Å². The van der Waals surface area contributed by atoms with Crippen LogP contribution in [0.1, 0.15) is 19.0 Å². The van der Waals surface area contributed by atoms with Crippen LogP contribution in [-0.2, 0) is 16.0 Å². The topological polar surface area (TPSA) is 85.1 Å². The summed E-state index contributed by atoms with van der Waals surface area (Å²) in [5.41, 5.74) is 5.65. The third-order valence-corrected chi connectivity index (χ3v) is 1.68. The Labute approximate surface area is 95.1 Å². The minimum atomic E-state index is -0.245. The molecule has 1 aromatic heterocycles. The molecule has 0 bridgehead atoms. The average Bonchev–Trinajstić information content (AvgIpc) is 2.31. The molecule has 0 saturated heterocycles. The van der Waals surface area contributed by atoms with Gasteiger partial charge in [-0.1, -0.05) is 13.0 Å². The first-order valence-corrected chi connectivity index (χ1v) is 5.06. The van der Waals surface area contributed by atoms with Gasteiger partial charge in [-0.25, -0.2) is 0 Å². The molecular weight excluding hydrogens is 206 g/mol. The molecule has 5 nitrogen and oxygen atoms in total. The van der Waals surface area contributed by atoms with E-state index in [2.05, 4.69) is 16.0 Å². The van der Waals surface area contributed by atoms with Gasteiger partial charge in [-0.05, 0) is 12.1 Å². The molecule has 1 heterocycles. The standard InChI is InChI=1S/C8H10N2O.C3H7NO/c11-7-9-6-4-8-3-1-2-5-10-8;1-2-3(4)5/h1-3,5,7H,4,6H2,(H,9,11);2H2,1H3,(H2,4,5). The van der Waals surface area contributed by atoms with Crippen molar-refractivity contribution in [3.8, 4) is 0 Å². The molecule has 0 atom stereocenters. The number of primary amides is 1. The van der Waals surface area contributed by atoms with E-state index in [-0.39, 0.29) is 5.91 Å². The summed E-state index contributed by atoms with van der Waals surface area (Å²) in [7, 11) is 0. The number of amides is 2. The van der Waals surface area contributed by atoms with Crippen molar-refractivity contribution in [3.63, 3.8) is 0 Å². The SMILES string of the molecule is CCC(N)=O.O=CNCCc1ccccn1. The number of nitrogens with two attached hydrogens (primary N) is 1. The van der Waals surface area contributed by atoms with Crippen molar-refractivity contribution >= 4 is 12.3 Å². The molecule has 0 spiro atoms. The van der Waals surface area contributed by atoms with Crippen LogP contribution in [0, 0.1) is 0 Å². The third-order valence-electron chi connectivity index (χ3n) is 1.68. The van der Waals surface area contributed by atoms with E-state index < -0.39 is 0 Å². The van der Waals surface area contributed by atoms with Crippen LogP contribution in [0.5, 0.6) is 0 Å². The lowest BCUT2D eigenvalue weighted by atomic mass is 10.3. The first-order valence-electron chi connectivity index (χ1n) is 5.06. The van der Waals surface area contributed by atoms with Crippen LogP contribution in [0.15, 0.2) is 24.4 Å². The van der Waals surface area contributed by atoms with Crippen LogP contribution in [0.2, 0.25) is 0 Å². The van der Waals surface area contributed by atoms with E-state index >= 15 is 0 Å². The van der Waals surface area contributed by atoms with Gasteiger partial charge in [0.15, 0.2) is 0 Å². The van der Waals surface area contributed by atoms with Gasteiger partial charge in [0.05, 0.1) is 0 Å². The van der Waals surface area contributed by atoms with Crippen molar-refractivity contribution in [3.05, 3.63) is 30.1 Å². The summed E-state index contributed by atoms with van der Waals surface area (Å²) in [6.07, 6.45) is 3.68. The van der Waals surface area contributed by atoms with Gasteiger partial charge in [0.25, 0.3) is 0 Å². The van der Waals surface area contributed by atoms with Gasteiger partial charge in [0.1, 0.15) is 0 Å². The van der Waals surface area contributed by atoms with E-state index in [0.29, 0.717) is 19.4 Å². The van der Waals surface area contributed by atoms with Crippen LogP contribution < -0.4 is 11.1 Å². The van der Waals surface area contributed by atoms with E-state index in [1.165, 1.54) is 0 Å². The van der Waals surface area contributed by atoms with Crippen LogP contribution in [0.3, 0.4) is 0 Å². The number of hydrogen-bond donors (Lipinski definition) is 2. The summed E-state index contributed by atoms with van der Waals surface area (Å²) in [6, 6.07) is 5.74. The van der Waals surface area contributed by atoms with E-state index in [4.69, 9.17) is 0 Å². The average molecular weight is 223 g/mol. The lowest BCUT2D eigenvalue weighted by Crippen LogP contribution is -2.14. The lowest BCUT2D eigenvalue weighted by Gasteiger charge is -1.97. The monoisotopic (exact) mass is 223 g/mol. The molecule has 0 unspecified atom stereocenters. The highest BCUT2D eigenvalue weighted by molar-refractivity contribution is 5.73. The number of pyridine rings is 1. The number of nitrogens with zero attached hydrogens (tertiary/aromatic N) is 1. The van der Waals surface area contributed by atoms with Gasteiger partial charge in [0, 0.05) is 31.3 Å². The lowest BCUT2D eigenvalue weighted by molar-refractivity contribution is -0.117. The number of carbonyl (C=O) groups excluding carboxylic acids is 2. The maximum atomic E-state index is 9.86. The molecule has 0 aliphatic heterocycles. The molecule has 0 fully saturated rings. The summed E-state index contributed by atoms with van der Waals surface area (Å²) in [5.74, 6) is -0.245. The molecule has 3 N–H and O–H groups in total. The first kappa shape index (κ1) is 14.1. The maximum absolute atomic E-state index is 9.86. The second-order valence-corrected chi connectivity index (χ2v) is 2.96. The molecule has 2 amide bonds. The number of aromatic nitrogens is 1. The molecule has 5 heteroatoms. The molecule has 0 aromatic carbocycles. The largest absolute Gasteiger partial charge is 0.370 e. The Morgan fingerprint density at radius 3 is 2.69 bits per heavy atom. The fourth-order valence-corrected chi connectivity index (χ4v) is 0.805. The van der Waals surface area contributed by atoms with Crippen LogP contribution in [0.25, 0.3) is 0 Å². The van der Waals surface area contributed by atoms with Gasteiger partial charge >= 0.3 is 0 Å².